The van der Waals surface area contributed by atoms with Gasteiger partial charge in [-0.05, 0) is 45.7 Å². The fourth-order valence-electron chi connectivity index (χ4n) is 2.25. The van der Waals surface area contributed by atoms with Gasteiger partial charge in [0, 0.05) is 20.2 Å². The fraction of sp³-hybridized carbons (Fsp3) is 1.00. The second-order valence-corrected chi connectivity index (χ2v) is 7.53. The van der Waals surface area contributed by atoms with E-state index in [4.69, 9.17) is 4.74 Å². The number of nitrogens with one attached hydrogen (secondary N) is 2. The Bertz CT molecular complexity index is 367. The molecule has 0 saturated carbocycles. The molecule has 0 bridgehead atoms. The Labute approximate surface area is 123 Å². The minimum atomic E-state index is -3.44. The maximum atomic E-state index is 12.3. The van der Waals surface area contributed by atoms with Crippen LogP contribution in [0.25, 0.3) is 0 Å². The van der Waals surface area contributed by atoms with Crippen LogP contribution in [-0.2, 0) is 14.9 Å². The molecule has 1 saturated heterocycles. The summed E-state index contributed by atoms with van der Waals surface area (Å²) in [5, 5.41) is 3.27. The van der Waals surface area contributed by atoms with Crippen LogP contribution in [0, 0.1) is 0 Å². The molecule has 20 heavy (non-hydrogen) atoms. The largest absolute Gasteiger partial charge is 0.380 e. The number of nitrogens with zero attached hydrogens (tertiary/aromatic N) is 1. The van der Waals surface area contributed by atoms with Crippen LogP contribution < -0.4 is 10.0 Å². The molecule has 0 spiro atoms. The second kappa shape index (κ2) is 8.29. The molecular formula is C13H29N3O3S. The van der Waals surface area contributed by atoms with E-state index in [1.807, 2.05) is 6.92 Å². The van der Waals surface area contributed by atoms with Crippen molar-refractivity contribution in [2.24, 2.45) is 0 Å². The third-order valence-electron chi connectivity index (χ3n) is 3.48. The Morgan fingerprint density at radius 2 is 2.10 bits per heavy atom. The fourth-order valence-corrected chi connectivity index (χ4v) is 3.56. The summed E-state index contributed by atoms with van der Waals surface area (Å²) in [6.45, 7) is 7.51. The summed E-state index contributed by atoms with van der Waals surface area (Å²) in [5.41, 5.74) is -0.480. The Balaban J connectivity index is 2.38. The normalized spacial score (nSPS) is 24.2. The van der Waals surface area contributed by atoms with E-state index in [-0.39, 0.29) is 0 Å². The van der Waals surface area contributed by atoms with Crippen LogP contribution in [0.15, 0.2) is 0 Å². The number of rotatable bonds is 9. The van der Waals surface area contributed by atoms with E-state index in [1.54, 1.807) is 7.05 Å². The SMILES string of the molecule is CCCNCCCN(C)S(=O)(=O)NC1(C)CCCOC1. The third kappa shape index (κ3) is 6.05. The summed E-state index contributed by atoms with van der Waals surface area (Å²) in [6.07, 6.45) is 3.61. The lowest BCUT2D eigenvalue weighted by atomic mass is 9.97. The van der Waals surface area contributed by atoms with Crippen molar-refractivity contribution in [1.82, 2.24) is 14.3 Å². The van der Waals surface area contributed by atoms with Crippen molar-refractivity contribution in [1.29, 1.82) is 0 Å². The lowest BCUT2D eigenvalue weighted by molar-refractivity contribution is 0.0380. The van der Waals surface area contributed by atoms with Crippen molar-refractivity contribution in [3.05, 3.63) is 0 Å². The minimum absolute atomic E-state index is 0.443. The van der Waals surface area contributed by atoms with E-state index in [0.717, 1.165) is 45.4 Å². The molecule has 0 aliphatic carbocycles. The first-order chi connectivity index (χ1) is 9.40. The van der Waals surface area contributed by atoms with Crippen LogP contribution in [0.4, 0.5) is 0 Å². The molecule has 1 unspecified atom stereocenters. The Hall–Kier alpha value is -0.210. The maximum Gasteiger partial charge on any atom is 0.279 e. The number of hydrogen-bond acceptors (Lipinski definition) is 4. The zero-order valence-corrected chi connectivity index (χ0v) is 13.8. The van der Waals surface area contributed by atoms with E-state index < -0.39 is 15.7 Å². The molecule has 120 valence electrons. The molecular weight excluding hydrogens is 278 g/mol. The first-order valence-corrected chi connectivity index (χ1v) is 8.87. The third-order valence-corrected chi connectivity index (χ3v) is 5.23. The topological polar surface area (TPSA) is 70.7 Å². The molecule has 1 heterocycles. The maximum absolute atomic E-state index is 12.3. The van der Waals surface area contributed by atoms with Crippen LogP contribution >= 0.6 is 0 Å². The smallest absolute Gasteiger partial charge is 0.279 e. The summed E-state index contributed by atoms with van der Waals surface area (Å²) in [7, 11) is -1.82. The van der Waals surface area contributed by atoms with E-state index in [0.29, 0.717) is 13.2 Å². The van der Waals surface area contributed by atoms with Gasteiger partial charge in [0.1, 0.15) is 0 Å². The average molecular weight is 307 g/mol. The van der Waals surface area contributed by atoms with Crippen molar-refractivity contribution < 1.29 is 13.2 Å². The van der Waals surface area contributed by atoms with Gasteiger partial charge in [-0.3, -0.25) is 0 Å². The summed E-state index contributed by atoms with van der Waals surface area (Å²) in [4.78, 5) is 0. The lowest BCUT2D eigenvalue weighted by Gasteiger charge is -2.35. The molecule has 1 aliphatic heterocycles. The molecule has 0 aromatic rings. The molecule has 1 fully saturated rings. The molecule has 2 N–H and O–H groups in total. The molecule has 1 aliphatic rings. The van der Waals surface area contributed by atoms with Gasteiger partial charge in [-0.1, -0.05) is 6.92 Å². The first-order valence-electron chi connectivity index (χ1n) is 7.43. The molecule has 0 aromatic carbocycles. The highest BCUT2D eigenvalue weighted by atomic mass is 32.2. The van der Waals surface area contributed by atoms with Crippen molar-refractivity contribution in [2.45, 2.75) is 45.1 Å². The molecule has 6 nitrogen and oxygen atoms in total. The van der Waals surface area contributed by atoms with E-state index in [9.17, 15) is 8.42 Å². The van der Waals surface area contributed by atoms with Gasteiger partial charge in [0.15, 0.2) is 0 Å². The highest BCUT2D eigenvalue weighted by molar-refractivity contribution is 7.87. The number of hydrogen-bond donors (Lipinski definition) is 2. The first kappa shape index (κ1) is 17.8. The predicted octanol–water partition coefficient (Wildman–Crippen LogP) is 0.711. The molecule has 1 atom stereocenters. The molecule has 0 radical (unpaired) electrons. The predicted molar refractivity (Wildman–Crippen MR) is 80.9 cm³/mol. The van der Waals surface area contributed by atoms with Gasteiger partial charge in [-0.2, -0.15) is 17.4 Å². The lowest BCUT2D eigenvalue weighted by Crippen LogP contribution is -2.55. The standard InChI is InChI=1S/C13H29N3O3S/c1-4-8-14-9-6-10-16(3)20(17,18)15-13(2)7-5-11-19-12-13/h14-15H,4-12H2,1-3H3. The highest BCUT2D eigenvalue weighted by Crippen LogP contribution is 2.19. The van der Waals surface area contributed by atoms with Crippen molar-refractivity contribution >= 4 is 10.2 Å². The van der Waals surface area contributed by atoms with Gasteiger partial charge >= 0.3 is 0 Å². The molecule has 0 amide bonds. The van der Waals surface area contributed by atoms with Gasteiger partial charge in [-0.15, -0.1) is 0 Å². The van der Waals surface area contributed by atoms with Gasteiger partial charge in [0.05, 0.1) is 12.1 Å². The Kier molecular flexibility index (Phi) is 7.39. The minimum Gasteiger partial charge on any atom is -0.380 e. The second-order valence-electron chi connectivity index (χ2n) is 5.75. The van der Waals surface area contributed by atoms with Gasteiger partial charge in [-0.25, -0.2) is 0 Å². The zero-order valence-electron chi connectivity index (χ0n) is 12.9. The summed E-state index contributed by atoms with van der Waals surface area (Å²) in [6, 6.07) is 0. The quantitative estimate of drug-likeness (QED) is 0.616. The highest BCUT2D eigenvalue weighted by Gasteiger charge is 2.33. The zero-order chi connectivity index (χ0) is 15.1. The average Bonchev–Trinajstić information content (AvgIpc) is 2.37. The van der Waals surface area contributed by atoms with Gasteiger partial charge in [0.2, 0.25) is 0 Å². The molecule has 1 rings (SSSR count). The van der Waals surface area contributed by atoms with Gasteiger partial charge in [0.25, 0.3) is 10.2 Å². The van der Waals surface area contributed by atoms with Crippen molar-refractivity contribution in [3.8, 4) is 0 Å². The summed E-state index contributed by atoms with van der Waals surface area (Å²) in [5.74, 6) is 0. The van der Waals surface area contributed by atoms with Crippen LogP contribution in [0.3, 0.4) is 0 Å². The monoisotopic (exact) mass is 307 g/mol. The van der Waals surface area contributed by atoms with Crippen LogP contribution in [-0.4, -0.2) is 58.2 Å². The van der Waals surface area contributed by atoms with Crippen LogP contribution in [0.1, 0.15) is 39.5 Å². The van der Waals surface area contributed by atoms with Crippen molar-refractivity contribution in [3.63, 3.8) is 0 Å². The van der Waals surface area contributed by atoms with E-state index >= 15 is 0 Å². The van der Waals surface area contributed by atoms with Crippen LogP contribution in [0.2, 0.25) is 0 Å². The molecule has 7 heteroatoms. The van der Waals surface area contributed by atoms with Crippen LogP contribution in [0.5, 0.6) is 0 Å². The molecule has 0 aromatic heterocycles. The summed E-state index contributed by atoms with van der Waals surface area (Å²) >= 11 is 0. The van der Waals surface area contributed by atoms with E-state index in [2.05, 4.69) is 17.0 Å². The number of ether oxygens (including phenoxy) is 1. The van der Waals surface area contributed by atoms with E-state index in [1.165, 1.54) is 4.31 Å². The Morgan fingerprint density at radius 1 is 1.35 bits per heavy atom. The van der Waals surface area contributed by atoms with Gasteiger partial charge < -0.3 is 10.1 Å². The van der Waals surface area contributed by atoms with Crippen molar-refractivity contribution in [2.75, 3.05) is 39.9 Å². The summed E-state index contributed by atoms with van der Waals surface area (Å²) < 4.78 is 34.1. The Morgan fingerprint density at radius 3 is 2.70 bits per heavy atom.